The molecule has 6 heteroatoms. The molecule has 2 atom stereocenters. The quantitative estimate of drug-likeness (QED) is 0.745. The molecular weight excluding hydrogens is 260 g/mol. The Labute approximate surface area is 117 Å². The van der Waals surface area contributed by atoms with Crippen molar-refractivity contribution < 1.29 is 19.1 Å². The smallest absolute Gasteiger partial charge is 0.339 e. The molecule has 2 rings (SSSR count). The average Bonchev–Trinajstić information content (AvgIpc) is 2.97. The maximum atomic E-state index is 11.7. The van der Waals surface area contributed by atoms with Crippen LogP contribution in [0.2, 0.25) is 0 Å². The highest BCUT2D eigenvalue weighted by molar-refractivity contribution is 5.88. The van der Waals surface area contributed by atoms with Crippen LogP contribution >= 0.6 is 0 Å². The van der Waals surface area contributed by atoms with Crippen LogP contribution in [-0.4, -0.2) is 23.1 Å². The van der Waals surface area contributed by atoms with E-state index >= 15 is 0 Å². The fraction of sp³-hybridized carbons (Fsp3) is 0.571. The van der Waals surface area contributed by atoms with Gasteiger partial charge in [0.2, 0.25) is 0 Å². The summed E-state index contributed by atoms with van der Waals surface area (Å²) in [6, 6.07) is 1.48. The van der Waals surface area contributed by atoms with Crippen LogP contribution in [0.1, 0.15) is 48.1 Å². The molecule has 1 saturated carbocycles. The largest absolute Gasteiger partial charge is 0.478 e. The summed E-state index contributed by atoms with van der Waals surface area (Å²) in [7, 11) is 0. The van der Waals surface area contributed by atoms with Crippen LogP contribution in [0.25, 0.3) is 0 Å². The van der Waals surface area contributed by atoms with Gasteiger partial charge in [-0.1, -0.05) is 13.3 Å². The Morgan fingerprint density at radius 1 is 1.50 bits per heavy atom. The summed E-state index contributed by atoms with van der Waals surface area (Å²) < 4.78 is 5.28. The number of furan rings is 1. The fourth-order valence-corrected chi connectivity index (χ4v) is 2.34. The first-order valence-corrected chi connectivity index (χ1v) is 6.88. The first-order valence-electron chi connectivity index (χ1n) is 6.88. The second kappa shape index (κ2) is 5.98. The average molecular weight is 280 g/mol. The summed E-state index contributed by atoms with van der Waals surface area (Å²) in [6.45, 7) is 3.91. The number of hydrogen-bond donors (Lipinski definition) is 3. The van der Waals surface area contributed by atoms with E-state index in [0.717, 1.165) is 19.3 Å². The Morgan fingerprint density at radius 3 is 2.85 bits per heavy atom. The predicted molar refractivity (Wildman–Crippen MR) is 72.6 cm³/mol. The normalized spacial score (nSPS) is 20.5. The lowest BCUT2D eigenvalue weighted by Gasteiger charge is -2.05. The third kappa shape index (κ3) is 3.53. The van der Waals surface area contributed by atoms with E-state index in [0.29, 0.717) is 17.4 Å². The van der Waals surface area contributed by atoms with Crippen molar-refractivity contribution in [2.45, 2.75) is 45.7 Å². The highest BCUT2D eigenvalue weighted by atomic mass is 16.4. The minimum absolute atomic E-state index is 0.132. The Kier molecular flexibility index (Phi) is 4.32. The third-order valence-corrected chi connectivity index (χ3v) is 3.52. The van der Waals surface area contributed by atoms with Gasteiger partial charge in [0, 0.05) is 6.04 Å². The zero-order valence-electron chi connectivity index (χ0n) is 11.7. The van der Waals surface area contributed by atoms with E-state index in [1.807, 2.05) is 0 Å². The molecule has 0 bridgehead atoms. The number of aryl methyl sites for hydroxylation is 1. The molecule has 0 aromatic carbocycles. The van der Waals surface area contributed by atoms with Gasteiger partial charge in [-0.2, -0.15) is 0 Å². The lowest BCUT2D eigenvalue weighted by Crippen LogP contribution is -2.37. The molecule has 0 aliphatic heterocycles. The standard InChI is InChI=1S/C14H20N2O4/c1-3-4-9-5-12(9)16-14(19)15-7-10-6-11(13(17)18)8(2)20-10/h6,9,12H,3-5,7H2,1-2H3,(H,17,18)(H2,15,16,19). The fourth-order valence-electron chi connectivity index (χ4n) is 2.34. The van der Waals surface area contributed by atoms with Gasteiger partial charge in [-0.25, -0.2) is 9.59 Å². The number of urea groups is 1. The highest BCUT2D eigenvalue weighted by Crippen LogP contribution is 2.34. The Hall–Kier alpha value is -1.98. The number of carboxylic acid groups (broad SMARTS) is 1. The first-order chi connectivity index (χ1) is 9.51. The molecule has 1 aromatic rings. The number of amides is 2. The van der Waals surface area contributed by atoms with Crippen molar-refractivity contribution in [3.63, 3.8) is 0 Å². The third-order valence-electron chi connectivity index (χ3n) is 3.52. The van der Waals surface area contributed by atoms with Crippen LogP contribution in [-0.2, 0) is 6.54 Å². The van der Waals surface area contributed by atoms with E-state index in [1.165, 1.54) is 6.07 Å². The molecular formula is C14H20N2O4. The molecule has 1 aromatic heterocycles. The number of aromatic carboxylic acids is 1. The van der Waals surface area contributed by atoms with Gasteiger partial charge in [-0.05, 0) is 31.7 Å². The Balaban J connectivity index is 1.76. The Morgan fingerprint density at radius 2 is 2.25 bits per heavy atom. The van der Waals surface area contributed by atoms with Gasteiger partial charge < -0.3 is 20.2 Å². The molecule has 1 heterocycles. The van der Waals surface area contributed by atoms with Gasteiger partial charge in [-0.15, -0.1) is 0 Å². The molecule has 6 nitrogen and oxygen atoms in total. The maximum absolute atomic E-state index is 11.7. The van der Waals surface area contributed by atoms with Gasteiger partial charge in [0.1, 0.15) is 17.1 Å². The van der Waals surface area contributed by atoms with Crippen molar-refractivity contribution >= 4 is 12.0 Å². The van der Waals surface area contributed by atoms with E-state index in [-0.39, 0.29) is 24.2 Å². The SMILES string of the molecule is CCCC1CC1NC(=O)NCc1cc(C(=O)O)c(C)o1. The molecule has 20 heavy (non-hydrogen) atoms. The van der Waals surface area contributed by atoms with Crippen LogP contribution < -0.4 is 10.6 Å². The summed E-state index contributed by atoms with van der Waals surface area (Å²) in [5, 5.41) is 14.5. The number of rotatable bonds is 6. The summed E-state index contributed by atoms with van der Waals surface area (Å²) in [4.78, 5) is 22.5. The number of carbonyl (C=O) groups excluding carboxylic acids is 1. The molecule has 0 spiro atoms. The summed E-state index contributed by atoms with van der Waals surface area (Å²) in [5.41, 5.74) is 0.132. The summed E-state index contributed by atoms with van der Waals surface area (Å²) in [5.74, 6) is 0.369. The number of hydrogen-bond acceptors (Lipinski definition) is 3. The highest BCUT2D eigenvalue weighted by Gasteiger charge is 2.37. The van der Waals surface area contributed by atoms with E-state index in [2.05, 4.69) is 17.6 Å². The van der Waals surface area contributed by atoms with Crippen LogP contribution in [0.3, 0.4) is 0 Å². The molecule has 110 valence electrons. The molecule has 2 unspecified atom stereocenters. The van der Waals surface area contributed by atoms with E-state index in [1.54, 1.807) is 6.92 Å². The van der Waals surface area contributed by atoms with Gasteiger partial charge >= 0.3 is 12.0 Å². The van der Waals surface area contributed by atoms with Gasteiger partial charge in [0.25, 0.3) is 0 Å². The lowest BCUT2D eigenvalue weighted by molar-refractivity contribution is 0.0695. The second-order valence-corrected chi connectivity index (χ2v) is 5.21. The van der Waals surface area contributed by atoms with E-state index in [4.69, 9.17) is 9.52 Å². The van der Waals surface area contributed by atoms with E-state index < -0.39 is 5.97 Å². The first kappa shape index (κ1) is 14.4. The zero-order valence-corrected chi connectivity index (χ0v) is 11.7. The zero-order chi connectivity index (χ0) is 14.7. The van der Waals surface area contributed by atoms with Crippen molar-refractivity contribution in [1.82, 2.24) is 10.6 Å². The maximum Gasteiger partial charge on any atom is 0.339 e. The summed E-state index contributed by atoms with van der Waals surface area (Å²) >= 11 is 0. The molecule has 0 saturated heterocycles. The molecule has 1 fully saturated rings. The molecule has 1 aliphatic rings. The van der Waals surface area contributed by atoms with Gasteiger partial charge in [0.15, 0.2) is 0 Å². The van der Waals surface area contributed by atoms with Crippen LogP contribution in [0, 0.1) is 12.8 Å². The van der Waals surface area contributed by atoms with Crippen LogP contribution in [0.4, 0.5) is 4.79 Å². The van der Waals surface area contributed by atoms with Crippen molar-refractivity contribution in [3.8, 4) is 0 Å². The van der Waals surface area contributed by atoms with Crippen molar-refractivity contribution in [3.05, 3.63) is 23.2 Å². The Bertz CT molecular complexity index is 509. The van der Waals surface area contributed by atoms with Gasteiger partial charge in [-0.3, -0.25) is 0 Å². The minimum Gasteiger partial charge on any atom is -0.478 e. The number of nitrogens with one attached hydrogen (secondary N) is 2. The minimum atomic E-state index is -1.03. The lowest BCUT2D eigenvalue weighted by atomic mass is 10.2. The van der Waals surface area contributed by atoms with Crippen LogP contribution in [0.5, 0.6) is 0 Å². The van der Waals surface area contributed by atoms with Crippen molar-refractivity contribution in [1.29, 1.82) is 0 Å². The van der Waals surface area contributed by atoms with Crippen molar-refractivity contribution in [2.24, 2.45) is 5.92 Å². The topological polar surface area (TPSA) is 91.6 Å². The number of carboxylic acids is 1. The summed E-state index contributed by atoms with van der Waals surface area (Å²) in [6.07, 6.45) is 3.32. The molecule has 0 radical (unpaired) electrons. The van der Waals surface area contributed by atoms with Crippen LogP contribution in [0.15, 0.2) is 10.5 Å². The predicted octanol–water partition coefficient (Wildman–Crippen LogP) is 2.27. The van der Waals surface area contributed by atoms with Gasteiger partial charge in [0.05, 0.1) is 6.54 Å². The monoisotopic (exact) mass is 280 g/mol. The molecule has 2 amide bonds. The molecule has 3 N–H and O–H groups in total. The second-order valence-electron chi connectivity index (χ2n) is 5.21. The number of carbonyl (C=O) groups is 2. The van der Waals surface area contributed by atoms with E-state index in [9.17, 15) is 9.59 Å². The van der Waals surface area contributed by atoms with Crippen molar-refractivity contribution in [2.75, 3.05) is 0 Å². The molecule has 1 aliphatic carbocycles.